The fourth-order valence-corrected chi connectivity index (χ4v) is 2.16. The Hall–Kier alpha value is -1.35. The SMILES string of the molecule is Cc1cc2c(c(C(N)C(C)C)c1)NC(=O)C2. The molecule has 3 nitrogen and oxygen atoms in total. The monoisotopic (exact) mass is 218 g/mol. The van der Waals surface area contributed by atoms with Crippen LogP contribution in [0.2, 0.25) is 0 Å². The minimum Gasteiger partial charge on any atom is -0.325 e. The predicted octanol–water partition coefficient (Wildman–Crippen LogP) is 2.15. The van der Waals surface area contributed by atoms with Gasteiger partial charge in [0, 0.05) is 11.7 Å². The van der Waals surface area contributed by atoms with Crippen LogP contribution >= 0.6 is 0 Å². The fraction of sp³-hybridized carbons (Fsp3) is 0.462. The van der Waals surface area contributed by atoms with Gasteiger partial charge in [-0.25, -0.2) is 0 Å². The van der Waals surface area contributed by atoms with Crippen molar-refractivity contribution < 1.29 is 4.79 Å². The van der Waals surface area contributed by atoms with E-state index in [1.54, 1.807) is 0 Å². The number of benzene rings is 1. The molecule has 1 aliphatic heterocycles. The van der Waals surface area contributed by atoms with Crippen molar-refractivity contribution >= 4 is 11.6 Å². The molecule has 0 spiro atoms. The first-order valence-electron chi connectivity index (χ1n) is 5.68. The van der Waals surface area contributed by atoms with E-state index in [0.717, 1.165) is 16.8 Å². The Morgan fingerprint density at radius 3 is 2.69 bits per heavy atom. The number of carbonyl (C=O) groups excluding carboxylic acids is 1. The van der Waals surface area contributed by atoms with Gasteiger partial charge in [-0.2, -0.15) is 0 Å². The van der Waals surface area contributed by atoms with E-state index in [0.29, 0.717) is 12.3 Å². The van der Waals surface area contributed by atoms with E-state index < -0.39 is 0 Å². The van der Waals surface area contributed by atoms with Crippen LogP contribution in [0.4, 0.5) is 5.69 Å². The highest BCUT2D eigenvalue weighted by atomic mass is 16.1. The molecule has 2 rings (SSSR count). The third kappa shape index (κ3) is 1.83. The number of aryl methyl sites for hydroxylation is 1. The molecule has 1 amide bonds. The van der Waals surface area contributed by atoms with E-state index in [-0.39, 0.29) is 11.9 Å². The number of amides is 1. The molecule has 1 heterocycles. The Kier molecular flexibility index (Phi) is 2.72. The molecule has 1 atom stereocenters. The Balaban J connectivity index is 2.50. The van der Waals surface area contributed by atoms with Gasteiger partial charge in [0.25, 0.3) is 0 Å². The summed E-state index contributed by atoms with van der Waals surface area (Å²) in [5.74, 6) is 0.432. The Bertz CT molecular complexity index is 438. The van der Waals surface area contributed by atoms with Gasteiger partial charge < -0.3 is 11.1 Å². The second-order valence-corrected chi connectivity index (χ2v) is 4.88. The molecular formula is C13H18N2O. The van der Waals surface area contributed by atoms with Gasteiger partial charge in [-0.05, 0) is 24.0 Å². The largest absolute Gasteiger partial charge is 0.325 e. The summed E-state index contributed by atoms with van der Waals surface area (Å²) < 4.78 is 0. The van der Waals surface area contributed by atoms with Gasteiger partial charge in [0.1, 0.15) is 0 Å². The van der Waals surface area contributed by atoms with Crippen LogP contribution in [-0.4, -0.2) is 5.91 Å². The van der Waals surface area contributed by atoms with E-state index in [9.17, 15) is 4.79 Å². The van der Waals surface area contributed by atoms with E-state index in [2.05, 4.69) is 31.3 Å². The number of hydrogen-bond acceptors (Lipinski definition) is 2. The third-order valence-corrected chi connectivity index (χ3v) is 3.09. The van der Waals surface area contributed by atoms with Crippen molar-refractivity contribution in [3.05, 3.63) is 28.8 Å². The van der Waals surface area contributed by atoms with Crippen molar-refractivity contribution in [2.45, 2.75) is 33.2 Å². The van der Waals surface area contributed by atoms with Crippen molar-refractivity contribution in [1.29, 1.82) is 0 Å². The normalized spacial score (nSPS) is 16.2. The maximum Gasteiger partial charge on any atom is 0.228 e. The minimum atomic E-state index is -0.0213. The lowest BCUT2D eigenvalue weighted by atomic mass is 9.92. The first-order chi connectivity index (χ1) is 7.49. The summed E-state index contributed by atoms with van der Waals surface area (Å²) in [7, 11) is 0. The summed E-state index contributed by atoms with van der Waals surface area (Å²) >= 11 is 0. The second kappa shape index (κ2) is 3.91. The quantitative estimate of drug-likeness (QED) is 0.799. The Morgan fingerprint density at radius 1 is 1.38 bits per heavy atom. The Labute approximate surface area is 96.0 Å². The maximum atomic E-state index is 11.4. The summed E-state index contributed by atoms with van der Waals surface area (Å²) in [5, 5.41) is 2.91. The van der Waals surface area contributed by atoms with Crippen molar-refractivity contribution in [2.75, 3.05) is 5.32 Å². The number of rotatable bonds is 2. The summed E-state index contributed by atoms with van der Waals surface area (Å²) in [6, 6.07) is 4.12. The van der Waals surface area contributed by atoms with Gasteiger partial charge >= 0.3 is 0 Å². The zero-order chi connectivity index (χ0) is 11.9. The fourth-order valence-electron chi connectivity index (χ4n) is 2.16. The first kappa shape index (κ1) is 11.1. The van der Waals surface area contributed by atoms with Crippen LogP contribution in [0, 0.1) is 12.8 Å². The van der Waals surface area contributed by atoms with Crippen LogP contribution in [-0.2, 0) is 11.2 Å². The van der Waals surface area contributed by atoms with Gasteiger partial charge in [0.2, 0.25) is 5.91 Å². The van der Waals surface area contributed by atoms with Crippen molar-refractivity contribution in [2.24, 2.45) is 11.7 Å². The molecule has 0 saturated carbocycles. The molecule has 1 aliphatic rings. The second-order valence-electron chi connectivity index (χ2n) is 4.88. The highest BCUT2D eigenvalue weighted by Crippen LogP contribution is 2.34. The Morgan fingerprint density at radius 2 is 2.06 bits per heavy atom. The minimum absolute atomic E-state index is 0.0213. The van der Waals surface area contributed by atoms with Gasteiger partial charge in [-0.1, -0.05) is 31.5 Å². The average molecular weight is 218 g/mol. The van der Waals surface area contributed by atoms with Crippen LogP contribution in [0.5, 0.6) is 0 Å². The molecule has 0 aromatic heterocycles. The van der Waals surface area contributed by atoms with Crippen LogP contribution in [0.3, 0.4) is 0 Å². The number of carbonyl (C=O) groups is 1. The zero-order valence-electron chi connectivity index (χ0n) is 10.0. The lowest BCUT2D eigenvalue weighted by molar-refractivity contribution is -0.115. The van der Waals surface area contributed by atoms with E-state index in [1.165, 1.54) is 5.56 Å². The predicted molar refractivity (Wildman–Crippen MR) is 65.3 cm³/mol. The van der Waals surface area contributed by atoms with Crippen LogP contribution in [0.15, 0.2) is 12.1 Å². The molecule has 0 fully saturated rings. The van der Waals surface area contributed by atoms with Crippen molar-refractivity contribution in [1.82, 2.24) is 0 Å². The van der Waals surface area contributed by atoms with Gasteiger partial charge in [0.15, 0.2) is 0 Å². The van der Waals surface area contributed by atoms with Crippen LogP contribution < -0.4 is 11.1 Å². The molecule has 3 N–H and O–H groups in total. The number of nitrogens with one attached hydrogen (secondary N) is 1. The molecule has 0 saturated heterocycles. The zero-order valence-corrected chi connectivity index (χ0v) is 10.0. The van der Waals surface area contributed by atoms with Crippen molar-refractivity contribution in [3.63, 3.8) is 0 Å². The highest BCUT2D eigenvalue weighted by molar-refractivity contribution is 6.00. The topological polar surface area (TPSA) is 55.1 Å². The molecule has 0 bridgehead atoms. The number of nitrogens with two attached hydrogens (primary N) is 1. The summed E-state index contributed by atoms with van der Waals surface area (Å²) in [5.41, 5.74) is 10.4. The van der Waals surface area contributed by atoms with Crippen molar-refractivity contribution in [3.8, 4) is 0 Å². The maximum absolute atomic E-state index is 11.4. The number of hydrogen-bond donors (Lipinski definition) is 2. The van der Waals surface area contributed by atoms with E-state index in [4.69, 9.17) is 5.73 Å². The van der Waals surface area contributed by atoms with Crippen LogP contribution in [0.25, 0.3) is 0 Å². The average Bonchev–Trinajstić information content (AvgIpc) is 2.55. The first-order valence-corrected chi connectivity index (χ1v) is 5.68. The van der Waals surface area contributed by atoms with Crippen LogP contribution in [0.1, 0.15) is 36.6 Å². The van der Waals surface area contributed by atoms with Gasteiger partial charge in [0.05, 0.1) is 6.42 Å². The highest BCUT2D eigenvalue weighted by Gasteiger charge is 2.24. The molecule has 16 heavy (non-hydrogen) atoms. The molecule has 0 radical (unpaired) electrons. The lowest BCUT2D eigenvalue weighted by Crippen LogP contribution is -2.18. The smallest absolute Gasteiger partial charge is 0.228 e. The molecule has 86 valence electrons. The van der Waals surface area contributed by atoms with Gasteiger partial charge in [-0.15, -0.1) is 0 Å². The molecule has 0 aliphatic carbocycles. The third-order valence-electron chi connectivity index (χ3n) is 3.09. The number of fused-ring (bicyclic) bond motifs is 1. The lowest BCUT2D eigenvalue weighted by Gasteiger charge is -2.20. The number of anilines is 1. The van der Waals surface area contributed by atoms with E-state index in [1.807, 2.05) is 6.92 Å². The summed E-state index contributed by atoms with van der Waals surface area (Å²) in [6.07, 6.45) is 0.481. The molecule has 3 heteroatoms. The molecule has 1 unspecified atom stereocenters. The molecule has 1 aromatic rings. The summed E-state index contributed by atoms with van der Waals surface area (Å²) in [4.78, 5) is 11.4. The molecule has 1 aromatic carbocycles. The standard InChI is InChI=1S/C13H18N2O/c1-7(2)12(14)10-5-8(3)4-9-6-11(16)15-13(9)10/h4-5,7,12H,6,14H2,1-3H3,(H,15,16). The summed E-state index contributed by atoms with van der Waals surface area (Å²) in [6.45, 7) is 6.23. The van der Waals surface area contributed by atoms with Gasteiger partial charge in [-0.3, -0.25) is 4.79 Å². The molecular weight excluding hydrogens is 200 g/mol. The van der Waals surface area contributed by atoms with E-state index >= 15 is 0 Å².